The average molecular weight is 242 g/mol. The number of aromatic nitrogens is 1. The molecule has 0 atom stereocenters. The molecule has 92 valence electrons. The number of alkyl halides is 3. The molecule has 0 saturated heterocycles. The van der Waals surface area contributed by atoms with Crippen molar-refractivity contribution in [2.75, 3.05) is 6.54 Å². The number of aryl methyl sites for hydroxylation is 1. The van der Waals surface area contributed by atoms with E-state index in [1.54, 1.807) is 24.3 Å². The van der Waals surface area contributed by atoms with E-state index in [1.807, 2.05) is 0 Å². The highest BCUT2D eigenvalue weighted by atomic mass is 19.4. The van der Waals surface area contributed by atoms with Crippen LogP contribution in [0.5, 0.6) is 0 Å². The van der Waals surface area contributed by atoms with Crippen LogP contribution in [-0.2, 0) is 12.6 Å². The number of para-hydroxylation sites is 1. The fourth-order valence-corrected chi connectivity index (χ4v) is 1.98. The van der Waals surface area contributed by atoms with Gasteiger partial charge in [-0.2, -0.15) is 13.2 Å². The van der Waals surface area contributed by atoms with Crippen LogP contribution < -0.4 is 5.73 Å². The Labute approximate surface area is 96.6 Å². The third-order valence-electron chi connectivity index (χ3n) is 2.73. The Morgan fingerprint density at radius 2 is 1.88 bits per heavy atom. The largest absolute Gasteiger partial charge is 0.431 e. The van der Waals surface area contributed by atoms with Gasteiger partial charge in [-0.25, -0.2) is 0 Å². The molecule has 1 heterocycles. The van der Waals surface area contributed by atoms with Gasteiger partial charge in [-0.15, -0.1) is 0 Å². The summed E-state index contributed by atoms with van der Waals surface area (Å²) in [6, 6.07) is 6.80. The minimum atomic E-state index is -4.34. The number of halogens is 3. The fraction of sp³-hybridized carbons (Fsp3) is 0.333. The van der Waals surface area contributed by atoms with Crippen LogP contribution in [0, 0.1) is 0 Å². The van der Waals surface area contributed by atoms with E-state index in [-0.39, 0.29) is 0 Å². The lowest BCUT2D eigenvalue weighted by molar-refractivity contribution is -0.141. The van der Waals surface area contributed by atoms with Crippen LogP contribution in [0.3, 0.4) is 0 Å². The van der Waals surface area contributed by atoms with Crippen LogP contribution in [-0.4, -0.2) is 11.5 Å². The van der Waals surface area contributed by atoms with Gasteiger partial charge in [0, 0.05) is 10.9 Å². The van der Waals surface area contributed by atoms with Crippen LogP contribution in [0.2, 0.25) is 0 Å². The first-order chi connectivity index (χ1) is 8.04. The first-order valence-corrected chi connectivity index (χ1v) is 5.41. The number of benzene rings is 1. The molecule has 3 N–H and O–H groups in total. The molecule has 5 heteroatoms. The van der Waals surface area contributed by atoms with Gasteiger partial charge in [0.05, 0.1) is 0 Å². The van der Waals surface area contributed by atoms with Gasteiger partial charge in [0.1, 0.15) is 5.69 Å². The van der Waals surface area contributed by atoms with Crippen LogP contribution in [0.25, 0.3) is 10.9 Å². The first-order valence-electron chi connectivity index (χ1n) is 5.41. The van der Waals surface area contributed by atoms with Crippen molar-refractivity contribution in [3.8, 4) is 0 Å². The van der Waals surface area contributed by atoms with E-state index < -0.39 is 11.9 Å². The molecule has 0 aliphatic rings. The van der Waals surface area contributed by atoms with Crippen LogP contribution in [0.4, 0.5) is 13.2 Å². The van der Waals surface area contributed by atoms with E-state index in [0.29, 0.717) is 35.9 Å². The van der Waals surface area contributed by atoms with Gasteiger partial charge in [0.2, 0.25) is 0 Å². The molecule has 0 spiro atoms. The number of H-pyrrole nitrogens is 1. The van der Waals surface area contributed by atoms with Gasteiger partial charge in [-0.1, -0.05) is 18.2 Å². The molecule has 1 aromatic heterocycles. The maximum Gasteiger partial charge on any atom is 0.431 e. The van der Waals surface area contributed by atoms with Crippen molar-refractivity contribution < 1.29 is 13.2 Å². The second kappa shape index (κ2) is 4.41. The molecular formula is C12H13F3N2. The summed E-state index contributed by atoms with van der Waals surface area (Å²) in [5.74, 6) is 0. The Balaban J connectivity index is 2.57. The highest BCUT2D eigenvalue weighted by molar-refractivity contribution is 5.84. The van der Waals surface area contributed by atoms with Gasteiger partial charge >= 0.3 is 6.18 Å². The molecule has 2 aromatic rings. The molecule has 0 radical (unpaired) electrons. The van der Waals surface area contributed by atoms with Crippen molar-refractivity contribution in [2.24, 2.45) is 5.73 Å². The zero-order valence-electron chi connectivity index (χ0n) is 9.14. The van der Waals surface area contributed by atoms with E-state index in [4.69, 9.17) is 5.73 Å². The Morgan fingerprint density at radius 1 is 1.18 bits per heavy atom. The number of nitrogens with one attached hydrogen (secondary N) is 1. The lowest BCUT2D eigenvalue weighted by atomic mass is 10.1. The van der Waals surface area contributed by atoms with E-state index in [1.165, 1.54) is 0 Å². The predicted molar refractivity (Wildman–Crippen MR) is 60.7 cm³/mol. The molecule has 17 heavy (non-hydrogen) atoms. The lowest BCUT2D eigenvalue weighted by Crippen LogP contribution is -2.10. The number of aromatic amines is 1. The fourth-order valence-electron chi connectivity index (χ4n) is 1.98. The quantitative estimate of drug-likeness (QED) is 0.853. The smallest absolute Gasteiger partial charge is 0.351 e. The lowest BCUT2D eigenvalue weighted by Gasteiger charge is -2.07. The molecule has 0 saturated carbocycles. The SMILES string of the molecule is NCCCc1c(C(F)(F)F)[nH]c2ccccc12. The standard InChI is InChI=1S/C12H13F3N2/c13-12(14,15)11-9(5-3-7-16)8-4-1-2-6-10(8)17-11/h1-2,4,6,17H,3,5,7,16H2. The first kappa shape index (κ1) is 12.0. The van der Waals surface area contributed by atoms with Crippen molar-refractivity contribution in [1.82, 2.24) is 4.98 Å². The molecule has 0 fully saturated rings. The van der Waals surface area contributed by atoms with Crippen molar-refractivity contribution in [3.05, 3.63) is 35.5 Å². The van der Waals surface area contributed by atoms with E-state index in [9.17, 15) is 13.2 Å². The molecule has 2 rings (SSSR count). The van der Waals surface area contributed by atoms with E-state index >= 15 is 0 Å². The maximum absolute atomic E-state index is 12.9. The molecule has 0 bridgehead atoms. The summed E-state index contributed by atoms with van der Waals surface area (Å²) in [5.41, 5.74) is 5.55. The number of rotatable bonds is 3. The zero-order chi connectivity index (χ0) is 12.5. The van der Waals surface area contributed by atoms with E-state index in [2.05, 4.69) is 4.98 Å². The summed E-state index contributed by atoms with van der Waals surface area (Å²) in [4.78, 5) is 2.45. The molecule has 0 aliphatic carbocycles. The van der Waals surface area contributed by atoms with Gasteiger partial charge in [0.15, 0.2) is 0 Å². The topological polar surface area (TPSA) is 41.8 Å². The van der Waals surface area contributed by atoms with Gasteiger partial charge in [-0.05, 0) is 31.0 Å². The molecule has 2 nitrogen and oxygen atoms in total. The normalized spacial score (nSPS) is 12.2. The number of hydrogen-bond acceptors (Lipinski definition) is 1. The monoisotopic (exact) mass is 242 g/mol. The van der Waals surface area contributed by atoms with Crippen molar-refractivity contribution in [1.29, 1.82) is 0 Å². The Hall–Kier alpha value is -1.49. The summed E-state index contributed by atoms with van der Waals surface area (Å²) < 4.78 is 38.6. The van der Waals surface area contributed by atoms with Crippen LogP contribution in [0.1, 0.15) is 17.7 Å². The highest BCUT2D eigenvalue weighted by Gasteiger charge is 2.35. The minimum absolute atomic E-state index is 0.318. The number of fused-ring (bicyclic) bond motifs is 1. The predicted octanol–water partition coefficient (Wildman–Crippen LogP) is 3.08. The third-order valence-corrected chi connectivity index (χ3v) is 2.73. The zero-order valence-corrected chi connectivity index (χ0v) is 9.14. The molecule has 1 aromatic carbocycles. The summed E-state index contributed by atoms with van der Waals surface area (Å²) in [6.45, 7) is 0.386. The molecule has 0 aliphatic heterocycles. The van der Waals surface area contributed by atoms with Gasteiger partial charge in [-0.3, -0.25) is 0 Å². The Kier molecular flexibility index (Phi) is 3.11. The van der Waals surface area contributed by atoms with Gasteiger partial charge < -0.3 is 10.7 Å². The van der Waals surface area contributed by atoms with Crippen molar-refractivity contribution >= 4 is 10.9 Å². The highest BCUT2D eigenvalue weighted by Crippen LogP contribution is 2.35. The Morgan fingerprint density at radius 3 is 2.53 bits per heavy atom. The van der Waals surface area contributed by atoms with Crippen molar-refractivity contribution in [2.45, 2.75) is 19.0 Å². The summed E-state index contributed by atoms with van der Waals surface area (Å²) in [5, 5.41) is 0.633. The third kappa shape index (κ3) is 2.29. The average Bonchev–Trinajstić information content (AvgIpc) is 2.65. The summed E-state index contributed by atoms with van der Waals surface area (Å²) >= 11 is 0. The second-order valence-corrected chi connectivity index (χ2v) is 3.91. The second-order valence-electron chi connectivity index (χ2n) is 3.91. The number of nitrogens with two attached hydrogens (primary N) is 1. The van der Waals surface area contributed by atoms with Crippen LogP contribution >= 0.6 is 0 Å². The summed E-state index contributed by atoms with van der Waals surface area (Å²) in [7, 11) is 0. The number of hydrogen-bond donors (Lipinski definition) is 2. The Bertz CT molecular complexity index is 514. The van der Waals surface area contributed by atoms with E-state index in [0.717, 1.165) is 0 Å². The summed E-state index contributed by atoms with van der Waals surface area (Å²) in [6.07, 6.45) is -3.46. The van der Waals surface area contributed by atoms with Crippen LogP contribution in [0.15, 0.2) is 24.3 Å². The van der Waals surface area contributed by atoms with Gasteiger partial charge in [0.25, 0.3) is 0 Å². The molecule has 0 amide bonds. The maximum atomic E-state index is 12.9. The molecular weight excluding hydrogens is 229 g/mol. The molecule has 0 unspecified atom stereocenters. The minimum Gasteiger partial charge on any atom is -0.351 e. The van der Waals surface area contributed by atoms with Crippen molar-refractivity contribution in [3.63, 3.8) is 0 Å².